The molecule has 1 aliphatic carbocycles. The SMILES string of the molecule is O=C1CCc2cc(S(=O)(=O)NC(=O)C3(c4ccc(Br)cc4)CCC3)ccc2N1. The average Bonchev–Trinajstić information content (AvgIpc) is 2.61. The molecule has 2 aromatic rings. The molecule has 0 spiro atoms. The Balaban J connectivity index is 1.60. The molecular weight excluding hydrogens is 444 g/mol. The molecule has 2 amide bonds. The number of aryl methyl sites for hydroxylation is 1. The zero-order chi connectivity index (χ0) is 19.9. The molecular formula is C20H19BrN2O4S. The van der Waals surface area contributed by atoms with Crippen LogP contribution >= 0.6 is 15.9 Å². The van der Waals surface area contributed by atoms with Gasteiger partial charge in [-0.3, -0.25) is 9.59 Å². The highest BCUT2D eigenvalue weighted by Gasteiger charge is 2.47. The molecule has 2 N–H and O–H groups in total. The van der Waals surface area contributed by atoms with Crippen molar-refractivity contribution in [2.75, 3.05) is 5.32 Å². The quantitative estimate of drug-likeness (QED) is 0.728. The summed E-state index contributed by atoms with van der Waals surface area (Å²) in [6, 6.07) is 11.9. The van der Waals surface area contributed by atoms with Gasteiger partial charge in [-0.15, -0.1) is 0 Å². The molecule has 0 radical (unpaired) electrons. The lowest BCUT2D eigenvalue weighted by atomic mass is 9.64. The molecule has 0 atom stereocenters. The Kier molecular flexibility index (Phi) is 4.79. The summed E-state index contributed by atoms with van der Waals surface area (Å²) in [4.78, 5) is 24.5. The first-order chi connectivity index (χ1) is 13.3. The van der Waals surface area contributed by atoms with Crippen molar-refractivity contribution in [1.82, 2.24) is 4.72 Å². The second-order valence-electron chi connectivity index (χ2n) is 7.24. The van der Waals surface area contributed by atoms with Gasteiger partial charge in [0.2, 0.25) is 11.8 Å². The van der Waals surface area contributed by atoms with Crippen LogP contribution in [0.5, 0.6) is 0 Å². The fourth-order valence-corrected chi connectivity index (χ4v) is 5.12. The normalized spacial score (nSPS) is 17.8. The lowest BCUT2D eigenvalue weighted by Gasteiger charge is -2.40. The van der Waals surface area contributed by atoms with Gasteiger partial charge in [-0.2, -0.15) is 0 Å². The van der Waals surface area contributed by atoms with Crippen LogP contribution in [0.3, 0.4) is 0 Å². The van der Waals surface area contributed by atoms with E-state index in [1.165, 1.54) is 12.1 Å². The molecule has 1 fully saturated rings. The van der Waals surface area contributed by atoms with Gasteiger partial charge in [-0.1, -0.05) is 34.5 Å². The first-order valence-corrected chi connectivity index (χ1v) is 11.3. The van der Waals surface area contributed by atoms with Crippen molar-refractivity contribution in [3.05, 3.63) is 58.1 Å². The zero-order valence-electron chi connectivity index (χ0n) is 15.0. The summed E-state index contributed by atoms with van der Waals surface area (Å²) in [5.41, 5.74) is 1.38. The number of benzene rings is 2. The number of sulfonamides is 1. The minimum atomic E-state index is -4.00. The summed E-state index contributed by atoms with van der Waals surface area (Å²) < 4.78 is 28.9. The third-order valence-corrected chi connectivity index (χ3v) is 7.41. The molecule has 0 bridgehead atoms. The van der Waals surface area contributed by atoms with Crippen molar-refractivity contribution < 1.29 is 18.0 Å². The number of carbonyl (C=O) groups is 2. The van der Waals surface area contributed by atoms with Crippen LogP contribution in [0.2, 0.25) is 0 Å². The third kappa shape index (κ3) is 3.35. The monoisotopic (exact) mass is 462 g/mol. The van der Waals surface area contributed by atoms with E-state index >= 15 is 0 Å². The van der Waals surface area contributed by atoms with E-state index in [-0.39, 0.29) is 10.8 Å². The fraction of sp³-hybridized carbons (Fsp3) is 0.300. The number of anilines is 1. The third-order valence-electron chi connectivity index (χ3n) is 5.55. The molecule has 0 unspecified atom stereocenters. The van der Waals surface area contributed by atoms with Crippen molar-refractivity contribution in [3.8, 4) is 0 Å². The molecule has 1 heterocycles. The number of nitrogens with one attached hydrogen (secondary N) is 2. The predicted molar refractivity (Wildman–Crippen MR) is 108 cm³/mol. The first kappa shape index (κ1) is 19.1. The number of amides is 2. The predicted octanol–water partition coefficient (Wildman–Crippen LogP) is 3.26. The molecule has 146 valence electrons. The van der Waals surface area contributed by atoms with Crippen LogP contribution in [0.1, 0.15) is 36.8 Å². The molecule has 28 heavy (non-hydrogen) atoms. The van der Waals surface area contributed by atoms with Crippen LogP contribution in [0.4, 0.5) is 5.69 Å². The standard InChI is InChI=1S/C20H19BrN2O4S/c21-15-5-3-14(4-6-15)20(10-1-11-20)19(25)23-28(26,27)16-7-8-17-13(12-16)2-9-18(24)22-17/h3-8,12H,1-2,9-11H2,(H,22,24)(H,23,25). The Hall–Kier alpha value is -2.19. The van der Waals surface area contributed by atoms with E-state index in [1.807, 2.05) is 24.3 Å². The van der Waals surface area contributed by atoms with Gasteiger partial charge in [0.15, 0.2) is 0 Å². The van der Waals surface area contributed by atoms with Crippen LogP contribution in [-0.2, 0) is 31.4 Å². The number of fused-ring (bicyclic) bond motifs is 1. The minimum Gasteiger partial charge on any atom is -0.326 e. The molecule has 4 rings (SSSR count). The molecule has 1 aliphatic heterocycles. The van der Waals surface area contributed by atoms with Crippen molar-refractivity contribution in [3.63, 3.8) is 0 Å². The number of hydrogen-bond donors (Lipinski definition) is 2. The van der Waals surface area contributed by atoms with E-state index in [1.54, 1.807) is 6.07 Å². The van der Waals surface area contributed by atoms with E-state index < -0.39 is 21.3 Å². The van der Waals surface area contributed by atoms with Crippen molar-refractivity contribution >= 4 is 43.5 Å². The van der Waals surface area contributed by atoms with Crippen molar-refractivity contribution in [2.45, 2.75) is 42.4 Å². The zero-order valence-corrected chi connectivity index (χ0v) is 17.4. The van der Waals surface area contributed by atoms with Gasteiger partial charge < -0.3 is 5.32 Å². The Bertz CT molecular complexity index is 1060. The summed E-state index contributed by atoms with van der Waals surface area (Å²) >= 11 is 3.38. The van der Waals surface area contributed by atoms with E-state index in [0.29, 0.717) is 31.4 Å². The molecule has 2 aromatic carbocycles. The van der Waals surface area contributed by atoms with Crippen LogP contribution in [0.15, 0.2) is 51.8 Å². The van der Waals surface area contributed by atoms with Crippen LogP contribution in [0, 0.1) is 0 Å². The topological polar surface area (TPSA) is 92.3 Å². The van der Waals surface area contributed by atoms with Gasteiger partial charge in [0, 0.05) is 16.6 Å². The maximum Gasteiger partial charge on any atom is 0.264 e. The van der Waals surface area contributed by atoms with Gasteiger partial charge in [0.05, 0.1) is 10.3 Å². The average molecular weight is 463 g/mol. The molecule has 2 aliphatic rings. The van der Waals surface area contributed by atoms with Gasteiger partial charge in [-0.05, 0) is 60.7 Å². The Labute approximate surface area is 171 Å². The van der Waals surface area contributed by atoms with E-state index in [9.17, 15) is 18.0 Å². The van der Waals surface area contributed by atoms with Crippen LogP contribution in [-0.4, -0.2) is 20.2 Å². The smallest absolute Gasteiger partial charge is 0.264 e. The first-order valence-electron chi connectivity index (χ1n) is 9.06. The molecule has 0 saturated heterocycles. The Morgan fingerprint density at radius 1 is 1.07 bits per heavy atom. The molecule has 0 aromatic heterocycles. The van der Waals surface area contributed by atoms with Crippen LogP contribution < -0.4 is 10.0 Å². The Morgan fingerprint density at radius 3 is 2.43 bits per heavy atom. The maximum atomic E-state index is 13.0. The number of carbonyl (C=O) groups excluding carboxylic acids is 2. The van der Waals surface area contributed by atoms with Crippen molar-refractivity contribution in [2.24, 2.45) is 0 Å². The van der Waals surface area contributed by atoms with E-state index in [4.69, 9.17) is 0 Å². The molecule has 1 saturated carbocycles. The van der Waals surface area contributed by atoms with E-state index in [2.05, 4.69) is 26.0 Å². The van der Waals surface area contributed by atoms with Gasteiger partial charge in [0.25, 0.3) is 10.0 Å². The summed E-state index contributed by atoms with van der Waals surface area (Å²) in [5, 5.41) is 2.72. The fourth-order valence-electron chi connectivity index (χ4n) is 3.75. The van der Waals surface area contributed by atoms with Crippen LogP contribution in [0.25, 0.3) is 0 Å². The lowest BCUT2D eigenvalue weighted by Crippen LogP contribution is -2.50. The number of hydrogen-bond acceptors (Lipinski definition) is 4. The highest BCUT2D eigenvalue weighted by atomic mass is 79.9. The summed E-state index contributed by atoms with van der Waals surface area (Å²) in [6.07, 6.45) is 2.90. The second-order valence-corrected chi connectivity index (χ2v) is 9.84. The Morgan fingerprint density at radius 2 is 1.79 bits per heavy atom. The minimum absolute atomic E-state index is 0.0287. The number of rotatable bonds is 4. The highest BCUT2D eigenvalue weighted by molar-refractivity contribution is 9.10. The number of halogens is 1. The van der Waals surface area contributed by atoms with Gasteiger partial charge in [-0.25, -0.2) is 13.1 Å². The van der Waals surface area contributed by atoms with E-state index in [0.717, 1.165) is 22.0 Å². The lowest BCUT2D eigenvalue weighted by molar-refractivity contribution is -0.128. The van der Waals surface area contributed by atoms with Gasteiger partial charge >= 0.3 is 0 Å². The summed E-state index contributed by atoms with van der Waals surface area (Å²) in [6.45, 7) is 0. The summed E-state index contributed by atoms with van der Waals surface area (Å²) in [5.74, 6) is -0.579. The van der Waals surface area contributed by atoms with Crippen molar-refractivity contribution in [1.29, 1.82) is 0 Å². The largest absolute Gasteiger partial charge is 0.326 e. The molecule has 8 heteroatoms. The second kappa shape index (κ2) is 7.00. The highest BCUT2D eigenvalue weighted by Crippen LogP contribution is 2.44. The van der Waals surface area contributed by atoms with Gasteiger partial charge in [0.1, 0.15) is 0 Å². The molecule has 6 nitrogen and oxygen atoms in total. The summed E-state index contributed by atoms with van der Waals surface area (Å²) in [7, 11) is -4.00. The maximum absolute atomic E-state index is 13.0.